The van der Waals surface area contributed by atoms with Gasteiger partial charge >= 0.3 is 0 Å². The summed E-state index contributed by atoms with van der Waals surface area (Å²) in [5, 5.41) is 30.8. The molecule has 1 saturated heterocycles. The zero-order valence-corrected chi connectivity index (χ0v) is 21.6. The fraction of sp³-hybridized carbons (Fsp3) is 0.643. The van der Waals surface area contributed by atoms with Crippen LogP contribution in [-0.2, 0) is 11.2 Å². The van der Waals surface area contributed by atoms with Crippen molar-refractivity contribution >= 4 is 0 Å². The second kappa shape index (κ2) is 11.5. The van der Waals surface area contributed by atoms with Crippen LogP contribution in [0.5, 0.6) is 11.5 Å². The molecule has 186 valence electrons. The van der Waals surface area contributed by atoms with Gasteiger partial charge in [0.05, 0.1) is 30.5 Å². The first-order valence-electron chi connectivity index (χ1n) is 12.1. The number of aromatic hydroxyl groups is 1. The third-order valence-corrected chi connectivity index (χ3v) is 6.86. The highest BCUT2D eigenvalue weighted by Gasteiger charge is 2.46. The molecule has 3 N–H and O–H groups in total. The van der Waals surface area contributed by atoms with Gasteiger partial charge in [0.1, 0.15) is 11.5 Å². The number of hydrogen-bond donors (Lipinski definition) is 3. The molecule has 1 aromatic rings. The summed E-state index contributed by atoms with van der Waals surface area (Å²) in [5.74, 6) is 1.10. The van der Waals surface area contributed by atoms with Crippen LogP contribution in [0, 0.1) is 6.92 Å². The summed E-state index contributed by atoms with van der Waals surface area (Å²) in [4.78, 5) is 0. The van der Waals surface area contributed by atoms with Crippen molar-refractivity contribution < 1.29 is 24.8 Å². The summed E-state index contributed by atoms with van der Waals surface area (Å²) in [5.41, 5.74) is 3.02. The predicted octanol–water partition coefficient (Wildman–Crippen LogP) is 5.77. The molecule has 0 saturated carbocycles. The Morgan fingerprint density at radius 1 is 1.24 bits per heavy atom. The SMILES string of the molecule is COc1c(C)cc(O)cc1C/C=C(\C)CC/C=C(\C)CC[C@H](O)[C@]1(C)CC[C@@H](C(C)(C)O)O1. The van der Waals surface area contributed by atoms with E-state index in [1.807, 2.05) is 13.8 Å². The molecule has 5 heteroatoms. The van der Waals surface area contributed by atoms with Crippen LogP contribution in [0.25, 0.3) is 0 Å². The molecule has 1 heterocycles. The predicted molar refractivity (Wildman–Crippen MR) is 134 cm³/mol. The van der Waals surface area contributed by atoms with Crippen molar-refractivity contribution in [3.8, 4) is 11.5 Å². The van der Waals surface area contributed by atoms with Crippen molar-refractivity contribution in [3.63, 3.8) is 0 Å². The number of benzene rings is 1. The van der Waals surface area contributed by atoms with Gasteiger partial charge in [-0.3, -0.25) is 0 Å². The standard InChI is InChI=1S/C28H44O5/c1-19(11-13-22-18-23(29)17-21(3)26(22)32-7)9-8-10-20(2)12-14-24(30)28(6)16-15-25(33-28)27(4,5)31/h10-11,17-18,24-25,29-31H,8-9,12-16H2,1-7H3/b19-11+,20-10+/t24-,25-,28-/m0/s1. The quantitative estimate of drug-likeness (QED) is 0.365. The van der Waals surface area contributed by atoms with Gasteiger partial charge in [0.25, 0.3) is 0 Å². The minimum atomic E-state index is -0.885. The monoisotopic (exact) mass is 460 g/mol. The Morgan fingerprint density at radius 3 is 2.52 bits per heavy atom. The van der Waals surface area contributed by atoms with Crippen LogP contribution in [0.2, 0.25) is 0 Å². The van der Waals surface area contributed by atoms with Gasteiger partial charge in [-0.25, -0.2) is 0 Å². The number of phenols is 1. The van der Waals surface area contributed by atoms with Crippen LogP contribution in [0.3, 0.4) is 0 Å². The lowest BCUT2D eigenvalue weighted by Gasteiger charge is -2.33. The number of rotatable bonds is 11. The highest BCUT2D eigenvalue weighted by Crippen LogP contribution is 2.38. The first kappa shape index (κ1) is 27.4. The van der Waals surface area contributed by atoms with Crippen molar-refractivity contribution in [1.29, 1.82) is 0 Å². The molecular weight excluding hydrogens is 416 g/mol. The van der Waals surface area contributed by atoms with Crippen molar-refractivity contribution in [3.05, 3.63) is 46.6 Å². The molecule has 33 heavy (non-hydrogen) atoms. The molecule has 0 aromatic heterocycles. The van der Waals surface area contributed by atoms with E-state index in [0.717, 1.165) is 55.4 Å². The second-order valence-electron chi connectivity index (χ2n) is 10.5. The van der Waals surface area contributed by atoms with Crippen molar-refractivity contribution in [2.24, 2.45) is 0 Å². The number of hydrogen-bond acceptors (Lipinski definition) is 5. The van der Waals surface area contributed by atoms with Crippen LogP contribution in [-0.4, -0.2) is 45.8 Å². The van der Waals surface area contributed by atoms with Gasteiger partial charge in [-0.1, -0.05) is 23.3 Å². The summed E-state index contributed by atoms with van der Waals surface area (Å²) in [6, 6.07) is 3.48. The van der Waals surface area contributed by atoms with Gasteiger partial charge in [0.15, 0.2) is 0 Å². The Labute approximate surface area is 200 Å². The van der Waals surface area contributed by atoms with Crippen LogP contribution in [0.4, 0.5) is 0 Å². The first-order chi connectivity index (χ1) is 15.4. The molecular formula is C28H44O5. The van der Waals surface area contributed by atoms with Crippen molar-refractivity contribution in [1.82, 2.24) is 0 Å². The summed E-state index contributed by atoms with van der Waals surface area (Å²) in [6.07, 6.45) is 9.33. The first-order valence-corrected chi connectivity index (χ1v) is 12.1. The van der Waals surface area contributed by atoms with Crippen LogP contribution in [0.1, 0.15) is 84.3 Å². The van der Waals surface area contributed by atoms with Crippen LogP contribution < -0.4 is 4.74 Å². The maximum absolute atomic E-state index is 10.7. The Kier molecular flexibility index (Phi) is 9.59. The summed E-state index contributed by atoms with van der Waals surface area (Å²) in [7, 11) is 1.66. The number of aryl methyl sites for hydroxylation is 1. The van der Waals surface area contributed by atoms with Gasteiger partial charge in [-0.05, 0) is 104 Å². The van der Waals surface area contributed by atoms with Crippen LogP contribution >= 0.6 is 0 Å². The van der Waals surface area contributed by atoms with Gasteiger partial charge in [-0.15, -0.1) is 0 Å². The summed E-state index contributed by atoms with van der Waals surface area (Å²) in [6.45, 7) is 11.7. The molecule has 1 aliphatic heterocycles. The molecule has 0 aliphatic carbocycles. The van der Waals surface area contributed by atoms with Gasteiger partial charge in [0.2, 0.25) is 0 Å². The van der Waals surface area contributed by atoms with E-state index in [0.29, 0.717) is 6.42 Å². The lowest BCUT2D eigenvalue weighted by molar-refractivity contribution is -0.153. The summed E-state index contributed by atoms with van der Waals surface area (Å²) >= 11 is 0. The van der Waals surface area contributed by atoms with E-state index in [9.17, 15) is 15.3 Å². The molecule has 0 amide bonds. The second-order valence-corrected chi connectivity index (χ2v) is 10.5. The topological polar surface area (TPSA) is 79.2 Å². The molecule has 1 aliphatic rings. The molecule has 5 nitrogen and oxygen atoms in total. The van der Waals surface area contributed by atoms with Gasteiger partial charge in [0, 0.05) is 5.56 Å². The Hall–Kier alpha value is -1.82. The normalized spacial score (nSPS) is 23.1. The minimum Gasteiger partial charge on any atom is -0.508 e. The zero-order valence-electron chi connectivity index (χ0n) is 21.6. The van der Waals surface area contributed by atoms with E-state index in [4.69, 9.17) is 9.47 Å². The average Bonchev–Trinajstić information content (AvgIpc) is 3.14. The Balaban J connectivity index is 1.81. The van der Waals surface area contributed by atoms with Gasteiger partial charge in [-0.2, -0.15) is 0 Å². The Bertz CT molecular complexity index is 849. The smallest absolute Gasteiger partial charge is 0.125 e. The lowest BCUT2D eigenvalue weighted by atomic mass is 9.90. The largest absolute Gasteiger partial charge is 0.508 e. The van der Waals surface area contributed by atoms with Crippen LogP contribution in [0.15, 0.2) is 35.4 Å². The highest BCUT2D eigenvalue weighted by molar-refractivity contribution is 5.47. The summed E-state index contributed by atoms with van der Waals surface area (Å²) < 4.78 is 11.6. The number of aliphatic hydroxyl groups excluding tert-OH is 1. The molecule has 0 bridgehead atoms. The van der Waals surface area contributed by atoms with Crippen molar-refractivity contribution in [2.45, 2.75) is 110 Å². The van der Waals surface area contributed by atoms with E-state index in [1.165, 1.54) is 11.1 Å². The van der Waals surface area contributed by atoms with E-state index in [-0.39, 0.29) is 11.9 Å². The molecule has 0 radical (unpaired) electrons. The van der Waals surface area contributed by atoms with E-state index in [1.54, 1.807) is 33.1 Å². The van der Waals surface area contributed by atoms with E-state index >= 15 is 0 Å². The molecule has 0 spiro atoms. The number of phenolic OH excluding ortho intramolecular Hbond substituents is 1. The highest BCUT2D eigenvalue weighted by atomic mass is 16.5. The Morgan fingerprint density at radius 2 is 1.91 bits per heavy atom. The zero-order chi connectivity index (χ0) is 24.8. The number of aliphatic hydroxyl groups is 2. The average molecular weight is 461 g/mol. The number of allylic oxidation sites excluding steroid dienone is 4. The fourth-order valence-electron chi connectivity index (χ4n) is 4.58. The fourth-order valence-corrected chi connectivity index (χ4v) is 4.58. The third-order valence-electron chi connectivity index (χ3n) is 6.86. The maximum atomic E-state index is 10.7. The maximum Gasteiger partial charge on any atom is 0.125 e. The molecule has 3 atom stereocenters. The molecule has 1 fully saturated rings. The molecule has 0 unspecified atom stereocenters. The third kappa shape index (κ3) is 7.87. The molecule has 1 aromatic carbocycles. The number of methoxy groups -OCH3 is 1. The van der Waals surface area contributed by atoms with Crippen molar-refractivity contribution in [2.75, 3.05) is 7.11 Å². The lowest BCUT2D eigenvalue weighted by Crippen LogP contribution is -2.43. The minimum absolute atomic E-state index is 0.229. The van der Waals surface area contributed by atoms with E-state index < -0.39 is 17.3 Å². The van der Waals surface area contributed by atoms with E-state index in [2.05, 4.69) is 26.0 Å². The number of ether oxygens (including phenoxy) is 2. The van der Waals surface area contributed by atoms with Gasteiger partial charge < -0.3 is 24.8 Å². The molecule has 2 rings (SSSR count).